The maximum Gasteiger partial charge on any atom is 0.272 e. The summed E-state index contributed by atoms with van der Waals surface area (Å²) in [6.45, 7) is 5.80. The first-order chi connectivity index (χ1) is 20.1. The smallest absolute Gasteiger partial charge is 0.272 e. The first-order valence-electron chi connectivity index (χ1n) is 13.9. The number of carbonyl (C=O) groups excluding carboxylic acids is 1. The van der Waals surface area contributed by atoms with Crippen molar-refractivity contribution >= 4 is 17.6 Å². The van der Waals surface area contributed by atoms with Gasteiger partial charge in [-0.25, -0.2) is 9.50 Å². The Balaban J connectivity index is 1.29. The van der Waals surface area contributed by atoms with Crippen molar-refractivity contribution in [1.29, 1.82) is 0 Å². The molecular weight excluding hydrogens is 510 g/mol. The lowest BCUT2D eigenvalue weighted by Gasteiger charge is -2.34. The van der Waals surface area contributed by atoms with Crippen LogP contribution in [-0.2, 0) is 0 Å². The van der Waals surface area contributed by atoms with Crippen LogP contribution in [0.5, 0.6) is 5.75 Å². The third-order valence-electron chi connectivity index (χ3n) is 7.56. The fraction of sp³-hybridized carbons (Fsp3) is 0.206. The lowest BCUT2D eigenvalue weighted by Crippen LogP contribution is -2.48. The molecule has 0 aliphatic carbocycles. The summed E-state index contributed by atoms with van der Waals surface area (Å²) >= 11 is 0. The Morgan fingerprint density at radius 2 is 1.56 bits per heavy atom. The zero-order valence-electron chi connectivity index (χ0n) is 23.4. The van der Waals surface area contributed by atoms with E-state index in [4.69, 9.17) is 14.8 Å². The Hall–Kier alpha value is -4.75. The van der Waals surface area contributed by atoms with E-state index >= 15 is 0 Å². The molecule has 1 aliphatic rings. The topological polar surface area (TPSA) is 63.0 Å². The van der Waals surface area contributed by atoms with Crippen LogP contribution in [-0.4, -0.2) is 70.1 Å². The Labute approximate surface area is 240 Å². The number of hydrogen-bond donors (Lipinski definition) is 0. The van der Waals surface area contributed by atoms with Gasteiger partial charge in [0, 0.05) is 43.9 Å². The first kappa shape index (κ1) is 26.5. The summed E-state index contributed by atoms with van der Waals surface area (Å²) in [5.74, 6) is 0.716. The summed E-state index contributed by atoms with van der Waals surface area (Å²) in [7, 11) is 1.65. The fourth-order valence-electron chi connectivity index (χ4n) is 5.34. The monoisotopic (exact) mass is 543 g/mol. The molecule has 1 fully saturated rings. The lowest BCUT2D eigenvalue weighted by atomic mass is 10.1. The summed E-state index contributed by atoms with van der Waals surface area (Å²) in [6.07, 6.45) is 4.34. The van der Waals surface area contributed by atoms with E-state index in [0.29, 0.717) is 24.4 Å². The van der Waals surface area contributed by atoms with Crippen LogP contribution < -0.4 is 4.74 Å². The molecule has 0 atom stereocenters. The highest BCUT2D eigenvalue weighted by molar-refractivity contribution is 5.95. The van der Waals surface area contributed by atoms with Gasteiger partial charge in [-0.15, -0.1) is 0 Å². The van der Waals surface area contributed by atoms with Gasteiger partial charge < -0.3 is 9.64 Å². The standard InChI is InChI=1S/C34H33N5O2/c1-25-32(28-13-7-4-8-14-28)33-35-30(24-31(39(33)36-25)27-15-17-29(41-2)18-16-27)34(40)38-22-20-37(21-23-38)19-9-12-26-10-5-3-6-11-26/h3-18,24H,19-23H2,1-2H3/b12-9+. The van der Waals surface area contributed by atoms with Crippen LogP contribution >= 0.6 is 0 Å². The molecule has 6 rings (SSSR count). The predicted octanol–water partition coefficient (Wildman–Crippen LogP) is 5.85. The van der Waals surface area contributed by atoms with Crippen LogP contribution in [0.15, 0.2) is 97.1 Å². The average molecular weight is 544 g/mol. The van der Waals surface area contributed by atoms with E-state index in [9.17, 15) is 4.79 Å². The first-order valence-corrected chi connectivity index (χ1v) is 13.9. The molecule has 41 heavy (non-hydrogen) atoms. The van der Waals surface area contributed by atoms with Crippen LogP contribution in [0, 0.1) is 6.92 Å². The van der Waals surface area contributed by atoms with Crippen molar-refractivity contribution in [1.82, 2.24) is 24.4 Å². The SMILES string of the molecule is COc1ccc(-c2cc(C(=O)N3CCN(C/C=C/c4ccccc4)CC3)nc3c(-c4ccccc4)c(C)nn23)cc1. The molecule has 5 aromatic rings. The Morgan fingerprint density at radius 1 is 0.878 bits per heavy atom. The minimum absolute atomic E-state index is 0.0559. The molecule has 0 radical (unpaired) electrons. The number of amides is 1. The van der Waals surface area contributed by atoms with Crippen LogP contribution in [0.2, 0.25) is 0 Å². The molecule has 3 heterocycles. The van der Waals surface area contributed by atoms with Gasteiger partial charge in [-0.2, -0.15) is 5.10 Å². The normalized spacial score (nSPS) is 14.1. The number of piperazine rings is 1. The number of carbonyl (C=O) groups is 1. The van der Waals surface area contributed by atoms with Crippen LogP contribution in [0.25, 0.3) is 34.1 Å². The maximum atomic E-state index is 13.9. The van der Waals surface area contributed by atoms with Crippen LogP contribution in [0.4, 0.5) is 0 Å². The molecule has 0 bridgehead atoms. The summed E-state index contributed by atoms with van der Waals surface area (Å²) in [6, 6.07) is 30.1. The van der Waals surface area contributed by atoms with E-state index in [1.54, 1.807) is 7.11 Å². The van der Waals surface area contributed by atoms with Gasteiger partial charge in [-0.1, -0.05) is 72.8 Å². The summed E-state index contributed by atoms with van der Waals surface area (Å²) in [5, 5.41) is 4.87. The number of aryl methyl sites for hydroxylation is 1. The Bertz CT molecular complexity index is 1670. The minimum atomic E-state index is -0.0559. The van der Waals surface area contributed by atoms with Crippen molar-refractivity contribution in [3.05, 3.63) is 114 Å². The molecule has 0 N–H and O–H groups in total. The van der Waals surface area contributed by atoms with Gasteiger partial charge in [0.05, 0.1) is 18.5 Å². The van der Waals surface area contributed by atoms with E-state index in [0.717, 1.165) is 53.5 Å². The molecule has 0 spiro atoms. The summed E-state index contributed by atoms with van der Waals surface area (Å²) in [4.78, 5) is 23.1. The zero-order valence-corrected chi connectivity index (χ0v) is 23.4. The van der Waals surface area contributed by atoms with Crippen molar-refractivity contribution in [2.45, 2.75) is 6.92 Å². The number of methoxy groups -OCH3 is 1. The molecule has 1 amide bonds. The van der Waals surface area contributed by atoms with Gasteiger partial charge in [-0.3, -0.25) is 9.69 Å². The molecule has 0 saturated carbocycles. The van der Waals surface area contributed by atoms with Crippen molar-refractivity contribution in [3.8, 4) is 28.1 Å². The largest absolute Gasteiger partial charge is 0.497 e. The Morgan fingerprint density at radius 3 is 2.24 bits per heavy atom. The summed E-state index contributed by atoms with van der Waals surface area (Å²) in [5.41, 5.74) is 6.87. The van der Waals surface area contributed by atoms with E-state index in [2.05, 4.69) is 41.3 Å². The second kappa shape index (κ2) is 11.8. The van der Waals surface area contributed by atoms with E-state index in [-0.39, 0.29) is 5.91 Å². The van der Waals surface area contributed by atoms with E-state index < -0.39 is 0 Å². The third kappa shape index (κ3) is 5.62. The quantitative estimate of drug-likeness (QED) is 0.258. The summed E-state index contributed by atoms with van der Waals surface area (Å²) < 4.78 is 7.22. The van der Waals surface area contributed by atoms with Gasteiger partial charge in [-0.05, 0) is 48.4 Å². The van der Waals surface area contributed by atoms with Gasteiger partial charge >= 0.3 is 0 Å². The molecule has 1 saturated heterocycles. The number of nitrogens with zero attached hydrogens (tertiary/aromatic N) is 5. The molecule has 1 aliphatic heterocycles. The predicted molar refractivity (Wildman–Crippen MR) is 163 cm³/mol. The van der Waals surface area contributed by atoms with Gasteiger partial charge in [0.1, 0.15) is 11.4 Å². The minimum Gasteiger partial charge on any atom is -0.497 e. The zero-order chi connectivity index (χ0) is 28.2. The highest BCUT2D eigenvalue weighted by Gasteiger charge is 2.25. The van der Waals surface area contributed by atoms with Crippen molar-refractivity contribution < 1.29 is 9.53 Å². The van der Waals surface area contributed by atoms with Crippen molar-refractivity contribution in [3.63, 3.8) is 0 Å². The molecule has 2 aromatic heterocycles. The van der Waals surface area contributed by atoms with Crippen molar-refractivity contribution in [2.24, 2.45) is 0 Å². The molecule has 7 heteroatoms. The van der Waals surface area contributed by atoms with Gasteiger partial charge in [0.25, 0.3) is 5.91 Å². The average Bonchev–Trinajstić information content (AvgIpc) is 3.37. The number of rotatable bonds is 7. The Kier molecular flexibility index (Phi) is 7.60. The molecule has 3 aromatic carbocycles. The molecule has 206 valence electrons. The highest BCUT2D eigenvalue weighted by atomic mass is 16.5. The number of aromatic nitrogens is 3. The maximum absolute atomic E-state index is 13.9. The number of benzene rings is 3. The molecule has 7 nitrogen and oxygen atoms in total. The number of hydrogen-bond acceptors (Lipinski definition) is 5. The van der Waals surface area contributed by atoms with Gasteiger partial charge in [0.2, 0.25) is 0 Å². The number of fused-ring (bicyclic) bond motifs is 1. The van der Waals surface area contributed by atoms with E-state index in [1.807, 2.05) is 83.1 Å². The second-order valence-corrected chi connectivity index (χ2v) is 10.2. The third-order valence-corrected chi connectivity index (χ3v) is 7.56. The lowest BCUT2D eigenvalue weighted by molar-refractivity contribution is 0.0644. The molecular formula is C34H33N5O2. The fourth-order valence-corrected chi connectivity index (χ4v) is 5.34. The van der Waals surface area contributed by atoms with E-state index in [1.165, 1.54) is 5.56 Å². The van der Waals surface area contributed by atoms with Crippen LogP contribution in [0.3, 0.4) is 0 Å². The van der Waals surface area contributed by atoms with Crippen molar-refractivity contribution in [2.75, 3.05) is 39.8 Å². The van der Waals surface area contributed by atoms with Crippen LogP contribution in [0.1, 0.15) is 21.7 Å². The van der Waals surface area contributed by atoms with Gasteiger partial charge in [0.15, 0.2) is 5.65 Å². The molecule has 0 unspecified atom stereocenters. The number of ether oxygens (including phenoxy) is 1. The highest BCUT2D eigenvalue weighted by Crippen LogP contribution is 2.31. The second-order valence-electron chi connectivity index (χ2n) is 10.2.